The summed E-state index contributed by atoms with van der Waals surface area (Å²) in [5.41, 5.74) is 1.47. The minimum atomic E-state index is -0.226. The summed E-state index contributed by atoms with van der Waals surface area (Å²) < 4.78 is 21.5. The molecule has 0 bridgehead atoms. The second kappa shape index (κ2) is 7.35. The van der Waals surface area contributed by atoms with Crippen LogP contribution in [0.5, 0.6) is 0 Å². The van der Waals surface area contributed by atoms with Crippen LogP contribution in [0.25, 0.3) is 0 Å². The molecular formula is C21H26FN3O2. The molecule has 1 spiro atoms. The zero-order valence-electron chi connectivity index (χ0n) is 15.7. The molecule has 1 unspecified atom stereocenters. The number of aromatic nitrogens is 1. The SMILES string of the molecule is Cn1cccc1C(=O)N1CCCC2(COCCN(c3cccc(F)c3)C2)C1. The van der Waals surface area contributed by atoms with Gasteiger partial charge in [-0.2, -0.15) is 0 Å². The van der Waals surface area contributed by atoms with Gasteiger partial charge in [-0.25, -0.2) is 4.39 Å². The molecule has 0 radical (unpaired) electrons. The Morgan fingerprint density at radius 1 is 1.19 bits per heavy atom. The number of anilines is 1. The lowest BCUT2D eigenvalue weighted by Gasteiger charge is -2.44. The first-order valence-corrected chi connectivity index (χ1v) is 9.55. The van der Waals surface area contributed by atoms with Crippen LogP contribution in [0.2, 0.25) is 0 Å². The molecule has 5 nitrogen and oxygen atoms in total. The maximum atomic E-state index is 13.7. The Kier molecular flexibility index (Phi) is 4.91. The Balaban J connectivity index is 1.55. The van der Waals surface area contributed by atoms with E-state index in [1.54, 1.807) is 12.1 Å². The summed E-state index contributed by atoms with van der Waals surface area (Å²) in [7, 11) is 1.90. The van der Waals surface area contributed by atoms with Crippen LogP contribution in [0, 0.1) is 11.2 Å². The average molecular weight is 371 g/mol. The van der Waals surface area contributed by atoms with Crippen LogP contribution in [0.15, 0.2) is 42.6 Å². The van der Waals surface area contributed by atoms with Crippen LogP contribution in [0.1, 0.15) is 23.3 Å². The molecule has 1 amide bonds. The number of halogens is 1. The number of likely N-dealkylation sites (tertiary alicyclic amines) is 1. The fourth-order valence-electron chi connectivity index (χ4n) is 4.36. The van der Waals surface area contributed by atoms with Gasteiger partial charge < -0.3 is 19.1 Å². The highest BCUT2D eigenvalue weighted by atomic mass is 19.1. The Morgan fingerprint density at radius 3 is 2.85 bits per heavy atom. The molecule has 1 aromatic heterocycles. The highest BCUT2D eigenvalue weighted by Gasteiger charge is 2.40. The molecule has 4 rings (SSSR count). The van der Waals surface area contributed by atoms with Gasteiger partial charge in [0.15, 0.2) is 0 Å². The van der Waals surface area contributed by atoms with Crippen molar-refractivity contribution >= 4 is 11.6 Å². The summed E-state index contributed by atoms with van der Waals surface area (Å²) in [5, 5.41) is 0. The fourth-order valence-corrected chi connectivity index (χ4v) is 4.36. The molecule has 2 aliphatic rings. The number of nitrogens with zero attached hydrogens (tertiary/aromatic N) is 3. The summed E-state index contributed by atoms with van der Waals surface area (Å²) in [6, 6.07) is 10.5. The number of ether oxygens (including phenoxy) is 1. The normalized spacial score (nSPS) is 23.5. The van der Waals surface area contributed by atoms with Gasteiger partial charge in [-0.15, -0.1) is 0 Å². The Morgan fingerprint density at radius 2 is 2.07 bits per heavy atom. The molecule has 1 atom stereocenters. The lowest BCUT2D eigenvalue weighted by molar-refractivity contribution is 0.0131. The van der Waals surface area contributed by atoms with E-state index < -0.39 is 0 Å². The van der Waals surface area contributed by atoms with Crippen molar-refractivity contribution in [2.75, 3.05) is 44.3 Å². The summed E-state index contributed by atoms with van der Waals surface area (Å²) in [4.78, 5) is 17.1. The van der Waals surface area contributed by atoms with Crippen LogP contribution in [-0.2, 0) is 11.8 Å². The van der Waals surface area contributed by atoms with Gasteiger partial charge >= 0.3 is 0 Å². The Labute approximate surface area is 159 Å². The van der Waals surface area contributed by atoms with E-state index in [-0.39, 0.29) is 17.1 Å². The quantitative estimate of drug-likeness (QED) is 0.815. The van der Waals surface area contributed by atoms with Crippen molar-refractivity contribution in [1.29, 1.82) is 0 Å². The predicted octanol–water partition coefficient (Wildman–Crippen LogP) is 2.92. The van der Waals surface area contributed by atoms with Gasteiger partial charge in [0.1, 0.15) is 11.5 Å². The highest BCUT2D eigenvalue weighted by molar-refractivity contribution is 5.92. The molecule has 2 aliphatic heterocycles. The molecule has 2 fully saturated rings. The molecule has 0 N–H and O–H groups in total. The first-order chi connectivity index (χ1) is 13.1. The van der Waals surface area contributed by atoms with Crippen LogP contribution in [-0.4, -0.2) is 54.8 Å². The first-order valence-electron chi connectivity index (χ1n) is 9.55. The third-order valence-corrected chi connectivity index (χ3v) is 5.72. The Bertz CT molecular complexity index is 821. The monoisotopic (exact) mass is 371 g/mol. The lowest BCUT2D eigenvalue weighted by Crippen LogP contribution is -2.52. The van der Waals surface area contributed by atoms with Gasteiger partial charge in [0, 0.05) is 50.5 Å². The fraction of sp³-hybridized carbons (Fsp3) is 0.476. The van der Waals surface area contributed by atoms with Crippen molar-refractivity contribution in [3.63, 3.8) is 0 Å². The standard InChI is InChI=1S/C21H26FN3O2/c1-23-9-3-7-19(23)20(26)25-10-4-8-21(15-25)14-24(11-12-27-16-21)18-6-2-5-17(22)13-18/h2-3,5-7,9,13H,4,8,10-12,14-16H2,1H3. The third kappa shape index (κ3) is 3.72. The number of carbonyl (C=O) groups is 1. The van der Waals surface area contributed by atoms with E-state index in [9.17, 15) is 9.18 Å². The molecule has 144 valence electrons. The van der Waals surface area contributed by atoms with Gasteiger partial charge in [0.2, 0.25) is 0 Å². The second-order valence-electron chi connectivity index (χ2n) is 7.79. The van der Waals surface area contributed by atoms with Crippen molar-refractivity contribution in [2.45, 2.75) is 12.8 Å². The van der Waals surface area contributed by atoms with E-state index in [0.29, 0.717) is 25.5 Å². The highest BCUT2D eigenvalue weighted by Crippen LogP contribution is 2.35. The van der Waals surface area contributed by atoms with E-state index in [1.165, 1.54) is 6.07 Å². The summed E-state index contributed by atoms with van der Waals surface area (Å²) in [5.74, 6) is -0.154. The summed E-state index contributed by atoms with van der Waals surface area (Å²) >= 11 is 0. The van der Waals surface area contributed by atoms with Crippen molar-refractivity contribution < 1.29 is 13.9 Å². The number of aryl methyl sites for hydroxylation is 1. The van der Waals surface area contributed by atoms with Crippen LogP contribution < -0.4 is 4.90 Å². The van der Waals surface area contributed by atoms with Crippen LogP contribution in [0.4, 0.5) is 10.1 Å². The van der Waals surface area contributed by atoms with Gasteiger partial charge in [0.05, 0.1) is 13.2 Å². The second-order valence-corrected chi connectivity index (χ2v) is 7.79. The van der Waals surface area contributed by atoms with Gasteiger partial charge in [-0.3, -0.25) is 4.79 Å². The zero-order chi connectivity index (χ0) is 18.9. The number of piperidine rings is 1. The zero-order valence-corrected chi connectivity index (χ0v) is 15.7. The maximum Gasteiger partial charge on any atom is 0.270 e. The molecule has 2 saturated heterocycles. The molecule has 1 aromatic carbocycles. The number of benzene rings is 1. The summed E-state index contributed by atoms with van der Waals surface area (Å²) in [6.07, 6.45) is 3.86. The average Bonchev–Trinajstić information content (AvgIpc) is 2.99. The van der Waals surface area contributed by atoms with Crippen molar-refractivity contribution in [3.05, 3.63) is 54.1 Å². The maximum absolute atomic E-state index is 13.7. The molecule has 2 aromatic rings. The van der Waals surface area contributed by atoms with Crippen molar-refractivity contribution in [1.82, 2.24) is 9.47 Å². The Hall–Kier alpha value is -2.34. The molecule has 0 saturated carbocycles. The number of rotatable bonds is 2. The van der Waals surface area contributed by atoms with E-state index in [1.807, 2.05) is 40.9 Å². The van der Waals surface area contributed by atoms with E-state index >= 15 is 0 Å². The topological polar surface area (TPSA) is 37.7 Å². The van der Waals surface area contributed by atoms with Gasteiger partial charge in [0.25, 0.3) is 5.91 Å². The molecule has 3 heterocycles. The largest absolute Gasteiger partial charge is 0.379 e. The molecule has 0 aliphatic carbocycles. The van der Waals surface area contributed by atoms with Crippen LogP contribution >= 0.6 is 0 Å². The number of amides is 1. The van der Waals surface area contributed by atoms with E-state index in [4.69, 9.17) is 4.74 Å². The lowest BCUT2D eigenvalue weighted by atomic mass is 9.80. The first kappa shape index (κ1) is 18.0. The van der Waals surface area contributed by atoms with Crippen molar-refractivity contribution in [2.24, 2.45) is 12.5 Å². The van der Waals surface area contributed by atoms with Gasteiger partial charge in [-0.1, -0.05) is 6.07 Å². The summed E-state index contributed by atoms with van der Waals surface area (Å²) in [6.45, 7) is 4.19. The third-order valence-electron chi connectivity index (χ3n) is 5.72. The minimum Gasteiger partial charge on any atom is -0.379 e. The number of hydrogen-bond donors (Lipinski definition) is 0. The van der Waals surface area contributed by atoms with E-state index in [0.717, 1.165) is 38.2 Å². The smallest absolute Gasteiger partial charge is 0.270 e. The predicted molar refractivity (Wildman–Crippen MR) is 102 cm³/mol. The van der Waals surface area contributed by atoms with E-state index in [2.05, 4.69) is 4.90 Å². The number of carbonyl (C=O) groups excluding carboxylic acids is 1. The van der Waals surface area contributed by atoms with Crippen molar-refractivity contribution in [3.8, 4) is 0 Å². The van der Waals surface area contributed by atoms with Gasteiger partial charge in [-0.05, 0) is 43.2 Å². The molecular weight excluding hydrogens is 345 g/mol. The molecule has 27 heavy (non-hydrogen) atoms. The number of hydrogen-bond acceptors (Lipinski definition) is 3. The minimum absolute atomic E-state index is 0.0723. The molecule has 6 heteroatoms. The van der Waals surface area contributed by atoms with Crippen LogP contribution in [0.3, 0.4) is 0 Å².